The first kappa shape index (κ1) is 14.9. The fourth-order valence-electron chi connectivity index (χ4n) is 1.75. The summed E-state index contributed by atoms with van der Waals surface area (Å²) in [5.41, 5.74) is 0. The zero-order valence-electron chi connectivity index (χ0n) is 11.2. The van der Waals surface area contributed by atoms with E-state index in [-0.39, 0.29) is 0 Å². The van der Waals surface area contributed by atoms with Crippen LogP contribution in [0.1, 0.15) is 47.0 Å². The minimum Gasteiger partial charge on any atom is -0.381 e. The van der Waals surface area contributed by atoms with Gasteiger partial charge in [-0.2, -0.15) is 0 Å². The van der Waals surface area contributed by atoms with Gasteiger partial charge in [-0.1, -0.05) is 27.7 Å². The minimum atomic E-state index is 0.321. The maximum atomic E-state index is 5.50. The van der Waals surface area contributed by atoms with Gasteiger partial charge in [0.2, 0.25) is 0 Å². The first-order valence-corrected chi connectivity index (χ1v) is 6.06. The smallest absolute Gasteiger partial charge is 0.0618 e. The molecular formula is C13H28O2. The zero-order chi connectivity index (χ0) is 11.8. The van der Waals surface area contributed by atoms with Crippen LogP contribution in [0.2, 0.25) is 0 Å². The number of hydrogen-bond acceptors (Lipinski definition) is 2. The first-order chi connectivity index (χ1) is 7.01. The maximum absolute atomic E-state index is 5.50. The lowest BCUT2D eigenvalue weighted by molar-refractivity contribution is -0.00316. The van der Waals surface area contributed by atoms with Gasteiger partial charge in [-0.15, -0.1) is 0 Å². The SMILES string of the molecule is COC(CCC(C)C)CC(OC)C(C)C. The van der Waals surface area contributed by atoms with Gasteiger partial charge in [-0.3, -0.25) is 0 Å². The van der Waals surface area contributed by atoms with Crippen LogP contribution in [-0.2, 0) is 9.47 Å². The third-order valence-corrected chi connectivity index (χ3v) is 2.94. The Bertz CT molecular complexity index is 143. The van der Waals surface area contributed by atoms with Gasteiger partial charge >= 0.3 is 0 Å². The molecule has 0 saturated carbocycles. The van der Waals surface area contributed by atoms with Gasteiger partial charge in [0.15, 0.2) is 0 Å². The summed E-state index contributed by atoms with van der Waals surface area (Å²) in [6, 6.07) is 0. The van der Waals surface area contributed by atoms with E-state index >= 15 is 0 Å². The summed E-state index contributed by atoms with van der Waals surface area (Å²) in [5.74, 6) is 1.31. The Morgan fingerprint density at radius 2 is 1.47 bits per heavy atom. The van der Waals surface area contributed by atoms with Crippen LogP contribution in [-0.4, -0.2) is 26.4 Å². The Balaban J connectivity index is 3.95. The Morgan fingerprint density at radius 3 is 1.80 bits per heavy atom. The molecule has 0 aromatic heterocycles. The van der Waals surface area contributed by atoms with Crippen molar-refractivity contribution >= 4 is 0 Å². The highest BCUT2D eigenvalue weighted by molar-refractivity contribution is 4.69. The van der Waals surface area contributed by atoms with Gasteiger partial charge in [0, 0.05) is 14.2 Å². The molecule has 15 heavy (non-hydrogen) atoms. The average molecular weight is 216 g/mol. The van der Waals surface area contributed by atoms with Crippen molar-refractivity contribution < 1.29 is 9.47 Å². The first-order valence-electron chi connectivity index (χ1n) is 6.06. The molecule has 0 radical (unpaired) electrons. The Labute approximate surface area is 95.3 Å². The second kappa shape index (κ2) is 8.12. The second-order valence-corrected chi connectivity index (χ2v) is 5.08. The molecule has 0 aromatic rings. The van der Waals surface area contributed by atoms with E-state index in [9.17, 15) is 0 Å². The Hall–Kier alpha value is -0.0800. The lowest BCUT2D eigenvalue weighted by Gasteiger charge is -2.24. The molecule has 0 N–H and O–H groups in total. The third kappa shape index (κ3) is 6.91. The fraction of sp³-hybridized carbons (Fsp3) is 1.00. The van der Waals surface area contributed by atoms with Crippen LogP contribution in [0.5, 0.6) is 0 Å². The number of ether oxygens (including phenoxy) is 2. The van der Waals surface area contributed by atoms with E-state index in [4.69, 9.17) is 9.47 Å². The maximum Gasteiger partial charge on any atom is 0.0618 e. The highest BCUT2D eigenvalue weighted by atomic mass is 16.5. The molecule has 2 unspecified atom stereocenters. The van der Waals surface area contributed by atoms with Gasteiger partial charge in [-0.05, 0) is 31.1 Å². The number of hydrogen-bond donors (Lipinski definition) is 0. The summed E-state index contributed by atoms with van der Waals surface area (Å²) < 4.78 is 11.0. The lowest BCUT2D eigenvalue weighted by atomic mass is 9.96. The van der Waals surface area contributed by atoms with Crippen molar-refractivity contribution in [1.82, 2.24) is 0 Å². The van der Waals surface area contributed by atoms with E-state index in [0.717, 1.165) is 18.8 Å². The van der Waals surface area contributed by atoms with Crippen molar-refractivity contribution in [3.8, 4) is 0 Å². The highest BCUT2D eigenvalue weighted by Crippen LogP contribution is 2.18. The van der Waals surface area contributed by atoms with Crippen LogP contribution in [0.25, 0.3) is 0 Å². The molecule has 0 aliphatic carbocycles. The molecule has 0 saturated heterocycles. The van der Waals surface area contributed by atoms with Crippen molar-refractivity contribution in [2.75, 3.05) is 14.2 Å². The summed E-state index contributed by atoms with van der Waals surface area (Å²) in [6.45, 7) is 8.90. The monoisotopic (exact) mass is 216 g/mol. The van der Waals surface area contributed by atoms with Crippen molar-refractivity contribution in [1.29, 1.82) is 0 Å². The molecule has 2 heteroatoms. The van der Waals surface area contributed by atoms with Crippen molar-refractivity contribution in [3.63, 3.8) is 0 Å². The van der Waals surface area contributed by atoms with Gasteiger partial charge in [0.05, 0.1) is 12.2 Å². The van der Waals surface area contributed by atoms with Crippen molar-refractivity contribution in [3.05, 3.63) is 0 Å². The molecule has 2 nitrogen and oxygen atoms in total. The topological polar surface area (TPSA) is 18.5 Å². The zero-order valence-corrected chi connectivity index (χ0v) is 11.2. The molecule has 0 spiro atoms. The quantitative estimate of drug-likeness (QED) is 0.618. The molecule has 0 rings (SSSR count). The van der Waals surface area contributed by atoms with Crippen LogP contribution in [0.3, 0.4) is 0 Å². The molecule has 0 amide bonds. The van der Waals surface area contributed by atoms with E-state index in [1.165, 1.54) is 6.42 Å². The molecule has 0 fully saturated rings. The summed E-state index contributed by atoms with van der Waals surface area (Å²) >= 11 is 0. The number of rotatable bonds is 8. The number of methoxy groups -OCH3 is 2. The summed E-state index contributed by atoms with van der Waals surface area (Å²) in [5, 5.41) is 0. The predicted octanol–water partition coefficient (Wildman–Crippen LogP) is 3.50. The Morgan fingerprint density at radius 1 is 0.867 bits per heavy atom. The molecule has 0 heterocycles. The van der Waals surface area contributed by atoms with Crippen LogP contribution in [0.4, 0.5) is 0 Å². The van der Waals surface area contributed by atoms with Crippen molar-refractivity contribution in [2.24, 2.45) is 11.8 Å². The van der Waals surface area contributed by atoms with Crippen LogP contribution < -0.4 is 0 Å². The molecular weight excluding hydrogens is 188 g/mol. The molecule has 92 valence electrons. The standard InChI is InChI=1S/C13H28O2/c1-10(2)7-8-12(14-5)9-13(15-6)11(3)4/h10-13H,7-9H2,1-6H3. The van der Waals surface area contributed by atoms with E-state index in [1.807, 2.05) is 0 Å². The van der Waals surface area contributed by atoms with E-state index in [1.54, 1.807) is 14.2 Å². The molecule has 0 aliphatic rings. The molecule has 0 aromatic carbocycles. The predicted molar refractivity (Wildman–Crippen MR) is 65.1 cm³/mol. The molecule has 0 aliphatic heterocycles. The van der Waals surface area contributed by atoms with Gasteiger partial charge in [0.1, 0.15) is 0 Å². The van der Waals surface area contributed by atoms with Crippen molar-refractivity contribution in [2.45, 2.75) is 59.2 Å². The van der Waals surface area contributed by atoms with Gasteiger partial charge in [-0.25, -0.2) is 0 Å². The third-order valence-electron chi connectivity index (χ3n) is 2.94. The highest BCUT2D eigenvalue weighted by Gasteiger charge is 2.18. The second-order valence-electron chi connectivity index (χ2n) is 5.08. The average Bonchev–Trinajstić information content (AvgIpc) is 2.17. The minimum absolute atomic E-state index is 0.321. The largest absolute Gasteiger partial charge is 0.381 e. The summed E-state index contributed by atoms with van der Waals surface area (Å²) in [4.78, 5) is 0. The molecule has 0 bridgehead atoms. The van der Waals surface area contributed by atoms with Gasteiger partial charge < -0.3 is 9.47 Å². The van der Waals surface area contributed by atoms with E-state index in [2.05, 4.69) is 27.7 Å². The van der Waals surface area contributed by atoms with E-state index < -0.39 is 0 Å². The van der Waals surface area contributed by atoms with Crippen LogP contribution >= 0.6 is 0 Å². The van der Waals surface area contributed by atoms with E-state index in [0.29, 0.717) is 18.1 Å². The Kier molecular flexibility index (Phi) is 8.07. The summed E-state index contributed by atoms with van der Waals surface area (Å²) in [6.07, 6.45) is 4.05. The van der Waals surface area contributed by atoms with Crippen LogP contribution in [0.15, 0.2) is 0 Å². The molecule has 2 atom stereocenters. The fourth-order valence-corrected chi connectivity index (χ4v) is 1.75. The van der Waals surface area contributed by atoms with Crippen LogP contribution in [0, 0.1) is 11.8 Å². The van der Waals surface area contributed by atoms with Gasteiger partial charge in [0.25, 0.3) is 0 Å². The summed E-state index contributed by atoms with van der Waals surface area (Å²) in [7, 11) is 3.60. The normalized spacial score (nSPS) is 16.0. The lowest BCUT2D eigenvalue weighted by Crippen LogP contribution is -2.26.